The van der Waals surface area contributed by atoms with Crippen molar-refractivity contribution in [3.63, 3.8) is 0 Å². The third-order valence-corrected chi connectivity index (χ3v) is 9.43. The summed E-state index contributed by atoms with van der Waals surface area (Å²) in [6.45, 7) is 14.5. The second kappa shape index (κ2) is 7.22. The molecule has 0 saturated carbocycles. The van der Waals surface area contributed by atoms with Gasteiger partial charge in [0.25, 0.3) is 0 Å². The summed E-state index contributed by atoms with van der Waals surface area (Å²) in [5.74, 6) is -0.250. The fourth-order valence-corrected chi connectivity index (χ4v) is 3.32. The Morgan fingerprint density at radius 1 is 1.21 bits per heavy atom. The number of Topliss-reactive ketones (excluding diaryl/α,β-unsaturated/α-hetero) is 1. The van der Waals surface area contributed by atoms with Crippen LogP contribution in [0.25, 0.3) is 0 Å². The maximum atomic E-state index is 12.4. The molecule has 0 aliphatic carbocycles. The molecule has 0 aromatic carbocycles. The van der Waals surface area contributed by atoms with Crippen molar-refractivity contribution in [3.8, 4) is 0 Å². The van der Waals surface area contributed by atoms with E-state index in [0.717, 1.165) is 12.8 Å². The number of ether oxygens (including phenoxy) is 1. The third-order valence-electron chi connectivity index (χ3n) is 4.13. The van der Waals surface area contributed by atoms with E-state index in [1.807, 2.05) is 0 Å². The van der Waals surface area contributed by atoms with E-state index in [0.29, 0.717) is 12.5 Å². The topological polar surface area (TPSA) is 43.4 Å². The summed E-state index contributed by atoms with van der Waals surface area (Å²) in [6.07, 6.45) is 2.04. The maximum Gasteiger partial charge on any atom is 0.303 e. The van der Waals surface area contributed by atoms with Crippen molar-refractivity contribution >= 4 is 19.8 Å². The van der Waals surface area contributed by atoms with Crippen LogP contribution in [0.3, 0.4) is 0 Å². The Morgan fingerprint density at radius 2 is 1.74 bits per heavy atom. The van der Waals surface area contributed by atoms with Crippen molar-refractivity contribution in [2.45, 2.75) is 84.2 Å². The van der Waals surface area contributed by atoms with Crippen LogP contribution in [-0.2, 0) is 14.3 Å². The molecule has 0 aliphatic rings. The highest BCUT2D eigenvalue weighted by molar-refractivity contribution is 6.82. The van der Waals surface area contributed by atoms with Gasteiger partial charge in [0.1, 0.15) is 0 Å². The molecule has 4 heteroatoms. The fourth-order valence-electron chi connectivity index (χ4n) is 1.69. The minimum absolute atomic E-state index is 0.107. The average Bonchev–Trinajstić information content (AvgIpc) is 2.21. The van der Waals surface area contributed by atoms with Crippen LogP contribution in [0.15, 0.2) is 0 Å². The molecule has 0 aromatic rings. The molecule has 0 fully saturated rings. The van der Waals surface area contributed by atoms with Gasteiger partial charge in [0.15, 0.2) is 11.9 Å². The second-order valence-electron chi connectivity index (χ2n) is 7.02. The zero-order valence-corrected chi connectivity index (χ0v) is 14.6. The van der Waals surface area contributed by atoms with Crippen LogP contribution in [0.5, 0.6) is 0 Å². The van der Waals surface area contributed by atoms with Crippen molar-refractivity contribution in [1.29, 1.82) is 0 Å². The molecular weight excluding hydrogens is 256 g/mol. The van der Waals surface area contributed by atoms with E-state index in [1.54, 1.807) is 0 Å². The molecule has 0 spiro atoms. The monoisotopic (exact) mass is 286 g/mol. The molecule has 0 saturated heterocycles. The van der Waals surface area contributed by atoms with Crippen molar-refractivity contribution in [2.75, 3.05) is 0 Å². The summed E-state index contributed by atoms with van der Waals surface area (Å²) in [5, 5.41) is 0.175. The summed E-state index contributed by atoms with van der Waals surface area (Å²) in [4.78, 5) is 23.5. The highest BCUT2D eigenvalue weighted by Gasteiger charge is 2.38. The highest BCUT2D eigenvalue weighted by Crippen LogP contribution is 2.39. The van der Waals surface area contributed by atoms with Gasteiger partial charge in [-0.05, 0) is 17.9 Å². The first-order chi connectivity index (χ1) is 8.51. The Balaban J connectivity index is 4.76. The Hall–Kier alpha value is -0.643. The van der Waals surface area contributed by atoms with E-state index in [4.69, 9.17) is 4.74 Å². The summed E-state index contributed by atoms with van der Waals surface area (Å²) in [6, 6.07) is 0.582. The standard InChI is InChI=1S/C15H30O3Si/c1-8-9-10-14(18-12(2)16)13(17)11-19(6,7)15(3,4)5/h14H,8-11H2,1-7H3. The van der Waals surface area contributed by atoms with Gasteiger partial charge < -0.3 is 4.74 Å². The van der Waals surface area contributed by atoms with Crippen LogP contribution in [0.2, 0.25) is 24.2 Å². The quantitative estimate of drug-likeness (QED) is 0.521. The summed E-state index contributed by atoms with van der Waals surface area (Å²) in [5.41, 5.74) is 0. The number of esters is 1. The lowest BCUT2D eigenvalue weighted by Crippen LogP contribution is -2.42. The number of unbranched alkanes of at least 4 members (excludes halogenated alkanes) is 1. The fraction of sp³-hybridized carbons (Fsp3) is 0.867. The largest absolute Gasteiger partial charge is 0.455 e. The lowest BCUT2D eigenvalue weighted by molar-refractivity contribution is -0.152. The van der Waals surface area contributed by atoms with Gasteiger partial charge in [0, 0.05) is 13.0 Å². The lowest BCUT2D eigenvalue weighted by Gasteiger charge is -2.37. The number of hydrogen-bond acceptors (Lipinski definition) is 3. The molecular formula is C15H30O3Si. The van der Waals surface area contributed by atoms with E-state index in [-0.39, 0.29) is 16.8 Å². The van der Waals surface area contributed by atoms with Gasteiger partial charge in [-0.3, -0.25) is 9.59 Å². The van der Waals surface area contributed by atoms with Gasteiger partial charge in [0.2, 0.25) is 0 Å². The van der Waals surface area contributed by atoms with E-state index in [2.05, 4.69) is 40.8 Å². The Bertz CT molecular complexity index is 316. The smallest absolute Gasteiger partial charge is 0.303 e. The van der Waals surface area contributed by atoms with E-state index < -0.39 is 14.2 Å². The predicted octanol–water partition coefficient (Wildman–Crippen LogP) is 4.19. The molecule has 1 atom stereocenters. The maximum absolute atomic E-state index is 12.4. The first-order valence-electron chi connectivity index (χ1n) is 7.21. The highest BCUT2D eigenvalue weighted by atomic mass is 28.3. The van der Waals surface area contributed by atoms with Gasteiger partial charge in [-0.2, -0.15) is 0 Å². The molecule has 3 nitrogen and oxygen atoms in total. The van der Waals surface area contributed by atoms with Gasteiger partial charge in [-0.25, -0.2) is 0 Å². The summed E-state index contributed by atoms with van der Waals surface area (Å²) < 4.78 is 5.21. The van der Waals surface area contributed by atoms with Gasteiger partial charge in [-0.1, -0.05) is 47.2 Å². The molecule has 0 amide bonds. The average molecular weight is 286 g/mol. The number of carbonyl (C=O) groups excluding carboxylic acids is 2. The number of hydrogen-bond donors (Lipinski definition) is 0. The number of ketones is 1. The van der Waals surface area contributed by atoms with Crippen LogP contribution in [0.4, 0.5) is 0 Å². The predicted molar refractivity (Wildman–Crippen MR) is 82.1 cm³/mol. The Labute approximate surface area is 119 Å². The summed E-state index contributed by atoms with van der Waals surface area (Å²) in [7, 11) is -1.66. The van der Waals surface area contributed by atoms with Crippen LogP contribution in [0, 0.1) is 0 Å². The molecule has 1 unspecified atom stereocenters. The van der Waals surface area contributed by atoms with Crippen LogP contribution in [0.1, 0.15) is 53.9 Å². The van der Waals surface area contributed by atoms with Crippen molar-refractivity contribution in [2.24, 2.45) is 0 Å². The second-order valence-corrected chi connectivity index (χ2v) is 12.6. The third kappa shape index (κ3) is 6.37. The first-order valence-corrected chi connectivity index (χ1v) is 10.4. The van der Waals surface area contributed by atoms with Crippen molar-refractivity contribution in [3.05, 3.63) is 0 Å². The lowest BCUT2D eigenvalue weighted by atomic mass is 10.1. The molecule has 0 aliphatic heterocycles. The molecule has 0 bridgehead atoms. The number of rotatable bonds is 7. The van der Waals surface area contributed by atoms with Crippen LogP contribution in [-0.4, -0.2) is 25.9 Å². The Kier molecular flexibility index (Phi) is 6.98. The molecule has 0 heterocycles. The van der Waals surface area contributed by atoms with Crippen molar-refractivity contribution in [1.82, 2.24) is 0 Å². The van der Waals surface area contributed by atoms with Gasteiger partial charge >= 0.3 is 5.97 Å². The normalized spacial score (nSPS) is 14.1. The Morgan fingerprint density at radius 3 is 2.11 bits per heavy atom. The van der Waals surface area contributed by atoms with Crippen LogP contribution >= 0.6 is 0 Å². The molecule has 0 radical (unpaired) electrons. The molecule has 19 heavy (non-hydrogen) atoms. The number of carbonyl (C=O) groups is 2. The van der Waals surface area contributed by atoms with E-state index in [1.165, 1.54) is 6.92 Å². The van der Waals surface area contributed by atoms with Gasteiger partial charge in [0.05, 0.1) is 8.07 Å². The van der Waals surface area contributed by atoms with E-state index >= 15 is 0 Å². The molecule has 112 valence electrons. The molecule has 0 N–H and O–H groups in total. The minimum Gasteiger partial charge on any atom is -0.455 e. The zero-order chi connectivity index (χ0) is 15.3. The van der Waals surface area contributed by atoms with E-state index in [9.17, 15) is 9.59 Å². The van der Waals surface area contributed by atoms with Crippen molar-refractivity contribution < 1.29 is 14.3 Å². The summed E-state index contributed by atoms with van der Waals surface area (Å²) >= 11 is 0. The first kappa shape index (κ1) is 18.4. The molecule has 0 aromatic heterocycles. The minimum atomic E-state index is -1.66. The van der Waals surface area contributed by atoms with Gasteiger partial charge in [-0.15, -0.1) is 0 Å². The van der Waals surface area contributed by atoms with Crippen LogP contribution < -0.4 is 0 Å². The SMILES string of the molecule is CCCCC(OC(C)=O)C(=O)C[Si](C)(C)C(C)(C)C. The molecule has 0 rings (SSSR count). The zero-order valence-electron chi connectivity index (χ0n) is 13.6.